The van der Waals surface area contributed by atoms with E-state index in [-0.39, 0.29) is 5.56 Å². The molecule has 20 heavy (non-hydrogen) atoms. The van der Waals surface area contributed by atoms with Crippen LogP contribution in [-0.4, -0.2) is 0 Å². The molecule has 0 saturated carbocycles. The first-order chi connectivity index (χ1) is 9.69. The second kappa shape index (κ2) is 6.67. The Bertz CT molecular complexity index is 583. The number of rotatable bonds is 5. The Labute approximate surface area is 116 Å². The Balaban J connectivity index is 1.93. The van der Waals surface area contributed by atoms with Gasteiger partial charge in [-0.3, -0.25) is 0 Å². The van der Waals surface area contributed by atoms with Gasteiger partial charge in [0.15, 0.2) is 0 Å². The first-order valence-corrected chi connectivity index (χ1v) is 6.26. The van der Waals surface area contributed by atoms with Crippen LogP contribution in [0.5, 0.6) is 0 Å². The largest absolute Gasteiger partial charge is 0.381 e. The van der Waals surface area contributed by atoms with Crippen LogP contribution < -0.4 is 5.32 Å². The summed E-state index contributed by atoms with van der Waals surface area (Å²) in [5, 5.41) is 11.8. The van der Waals surface area contributed by atoms with Gasteiger partial charge in [0.1, 0.15) is 0 Å². The highest BCUT2D eigenvalue weighted by atomic mass is 19.3. The third-order valence-corrected chi connectivity index (χ3v) is 2.97. The molecule has 0 spiro atoms. The molecule has 2 aromatic rings. The summed E-state index contributed by atoms with van der Waals surface area (Å²) in [6.45, 7) is 0.571. The Hall–Kier alpha value is -2.41. The molecule has 2 nitrogen and oxygen atoms in total. The fraction of sp³-hybridized carbons (Fsp3) is 0.188. The molecule has 0 aliphatic heterocycles. The van der Waals surface area contributed by atoms with Crippen molar-refractivity contribution in [2.45, 2.75) is 19.4 Å². The van der Waals surface area contributed by atoms with E-state index in [4.69, 9.17) is 5.26 Å². The van der Waals surface area contributed by atoms with Crippen LogP contribution in [0, 0.1) is 11.3 Å². The number of benzene rings is 2. The standard InChI is InChI=1S/C16H14F2N2/c17-16(18)14-5-1-13(2-6-14)11-20-15-7-3-12(4-8-15)9-10-19/h1-8,16,20H,9,11H2. The van der Waals surface area contributed by atoms with Crippen LogP contribution in [0.4, 0.5) is 14.5 Å². The predicted octanol–water partition coefficient (Wildman–Crippen LogP) is 4.30. The first kappa shape index (κ1) is 14.0. The summed E-state index contributed by atoms with van der Waals surface area (Å²) in [7, 11) is 0. The second-order valence-electron chi connectivity index (χ2n) is 4.43. The Morgan fingerprint density at radius 2 is 1.55 bits per heavy atom. The molecule has 2 aromatic carbocycles. The van der Waals surface area contributed by atoms with Crippen molar-refractivity contribution in [2.24, 2.45) is 0 Å². The number of alkyl halides is 2. The lowest BCUT2D eigenvalue weighted by molar-refractivity contribution is 0.151. The Morgan fingerprint density at radius 1 is 0.950 bits per heavy atom. The molecule has 2 rings (SSSR count). The highest BCUT2D eigenvalue weighted by Gasteiger charge is 2.05. The highest BCUT2D eigenvalue weighted by molar-refractivity contribution is 5.45. The van der Waals surface area contributed by atoms with Crippen LogP contribution in [0.1, 0.15) is 23.1 Å². The van der Waals surface area contributed by atoms with Crippen molar-refractivity contribution >= 4 is 5.69 Å². The highest BCUT2D eigenvalue weighted by Crippen LogP contribution is 2.19. The number of nitrogens with one attached hydrogen (secondary N) is 1. The zero-order valence-electron chi connectivity index (χ0n) is 10.8. The van der Waals surface area contributed by atoms with Gasteiger partial charge in [-0.1, -0.05) is 36.4 Å². The van der Waals surface area contributed by atoms with E-state index >= 15 is 0 Å². The van der Waals surface area contributed by atoms with Gasteiger partial charge >= 0.3 is 0 Å². The molecule has 0 aromatic heterocycles. The molecular weight excluding hydrogens is 258 g/mol. The number of hydrogen-bond donors (Lipinski definition) is 1. The predicted molar refractivity (Wildman–Crippen MR) is 74.5 cm³/mol. The van der Waals surface area contributed by atoms with Crippen molar-refractivity contribution in [1.82, 2.24) is 0 Å². The summed E-state index contributed by atoms with van der Waals surface area (Å²) in [5.41, 5.74) is 2.88. The van der Waals surface area contributed by atoms with Gasteiger partial charge in [0.25, 0.3) is 6.43 Å². The van der Waals surface area contributed by atoms with E-state index in [9.17, 15) is 8.78 Å². The molecular formula is C16H14F2N2. The summed E-state index contributed by atoms with van der Waals surface area (Å²) in [4.78, 5) is 0. The van der Waals surface area contributed by atoms with Crippen LogP contribution in [0.25, 0.3) is 0 Å². The lowest BCUT2D eigenvalue weighted by Gasteiger charge is -2.08. The van der Waals surface area contributed by atoms with Gasteiger partial charge in [0, 0.05) is 17.8 Å². The summed E-state index contributed by atoms with van der Waals surface area (Å²) in [6.07, 6.45) is -2.03. The zero-order chi connectivity index (χ0) is 14.4. The summed E-state index contributed by atoms with van der Waals surface area (Å²) < 4.78 is 24.8. The van der Waals surface area contributed by atoms with Crippen LogP contribution in [-0.2, 0) is 13.0 Å². The van der Waals surface area contributed by atoms with Gasteiger partial charge in [-0.15, -0.1) is 0 Å². The molecule has 4 heteroatoms. The monoisotopic (exact) mass is 272 g/mol. The van der Waals surface area contributed by atoms with Crippen LogP contribution in [0.2, 0.25) is 0 Å². The third kappa shape index (κ3) is 3.79. The van der Waals surface area contributed by atoms with Crippen molar-refractivity contribution in [3.63, 3.8) is 0 Å². The lowest BCUT2D eigenvalue weighted by Crippen LogP contribution is -1.99. The summed E-state index contributed by atoms with van der Waals surface area (Å²) in [5.74, 6) is 0. The number of halogens is 2. The fourth-order valence-electron chi connectivity index (χ4n) is 1.82. The van der Waals surface area contributed by atoms with Crippen LogP contribution in [0.3, 0.4) is 0 Å². The number of nitrogens with zero attached hydrogens (tertiary/aromatic N) is 1. The topological polar surface area (TPSA) is 35.8 Å². The van der Waals surface area contributed by atoms with E-state index in [1.165, 1.54) is 12.1 Å². The molecule has 0 amide bonds. The van der Waals surface area contributed by atoms with Crippen molar-refractivity contribution in [2.75, 3.05) is 5.32 Å². The van der Waals surface area contributed by atoms with Crippen molar-refractivity contribution in [3.8, 4) is 6.07 Å². The Kier molecular flexibility index (Phi) is 4.67. The molecule has 0 fully saturated rings. The van der Waals surface area contributed by atoms with Gasteiger partial charge in [0.2, 0.25) is 0 Å². The summed E-state index contributed by atoms with van der Waals surface area (Å²) >= 11 is 0. The van der Waals surface area contributed by atoms with Gasteiger partial charge in [-0.05, 0) is 23.3 Å². The molecule has 1 N–H and O–H groups in total. The minimum atomic E-state index is -2.43. The molecule has 0 bridgehead atoms. The van der Waals surface area contributed by atoms with Crippen LogP contribution >= 0.6 is 0 Å². The van der Waals surface area contributed by atoms with E-state index < -0.39 is 6.43 Å². The number of nitriles is 1. The minimum absolute atomic E-state index is 0.0367. The van der Waals surface area contributed by atoms with Crippen molar-refractivity contribution in [3.05, 3.63) is 65.2 Å². The molecule has 102 valence electrons. The minimum Gasteiger partial charge on any atom is -0.381 e. The SMILES string of the molecule is N#CCc1ccc(NCc2ccc(C(F)F)cc2)cc1. The maximum atomic E-state index is 12.4. The number of hydrogen-bond acceptors (Lipinski definition) is 2. The van der Waals surface area contributed by atoms with Crippen LogP contribution in [0.15, 0.2) is 48.5 Å². The zero-order valence-corrected chi connectivity index (χ0v) is 10.8. The van der Waals surface area contributed by atoms with E-state index in [0.29, 0.717) is 13.0 Å². The van der Waals surface area contributed by atoms with Crippen molar-refractivity contribution < 1.29 is 8.78 Å². The molecule has 0 radical (unpaired) electrons. The fourth-order valence-corrected chi connectivity index (χ4v) is 1.82. The maximum Gasteiger partial charge on any atom is 0.263 e. The van der Waals surface area contributed by atoms with E-state index in [1.54, 1.807) is 12.1 Å². The average molecular weight is 272 g/mol. The molecule has 0 heterocycles. The molecule has 0 unspecified atom stereocenters. The molecule has 0 aliphatic carbocycles. The second-order valence-corrected chi connectivity index (χ2v) is 4.43. The van der Waals surface area contributed by atoms with E-state index in [1.807, 2.05) is 24.3 Å². The van der Waals surface area contributed by atoms with Gasteiger partial charge in [-0.25, -0.2) is 8.78 Å². The molecule has 0 atom stereocenters. The molecule has 0 aliphatic rings. The maximum absolute atomic E-state index is 12.4. The smallest absolute Gasteiger partial charge is 0.263 e. The quantitative estimate of drug-likeness (QED) is 0.880. The van der Waals surface area contributed by atoms with Gasteiger partial charge < -0.3 is 5.32 Å². The van der Waals surface area contributed by atoms with Gasteiger partial charge in [-0.2, -0.15) is 5.26 Å². The summed E-state index contributed by atoms with van der Waals surface area (Å²) in [6, 6.07) is 16.0. The first-order valence-electron chi connectivity index (χ1n) is 6.26. The normalized spacial score (nSPS) is 10.3. The number of anilines is 1. The Morgan fingerprint density at radius 3 is 2.10 bits per heavy atom. The average Bonchev–Trinajstić information content (AvgIpc) is 2.47. The lowest BCUT2D eigenvalue weighted by atomic mass is 10.1. The van der Waals surface area contributed by atoms with Gasteiger partial charge in [0.05, 0.1) is 12.5 Å². The molecule has 0 saturated heterocycles. The third-order valence-electron chi connectivity index (χ3n) is 2.97. The van der Waals surface area contributed by atoms with Crippen molar-refractivity contribution in [1.29, 1.82) is 5.26 Å². The van der Waals surface area contributed by atoms with E-state index in [0.717, 1.165) is 16.8 Å². The van der Waals surface area contributed by atoms with E-state index in [2.05, 4.69) is 11.4 Å².